The molecule has 1 aromatic carbocycles. The zero-order chi connectivity index (χ0) is 17.7. The molecule has 4 nitrogen and oxygen atoms in total. The van der Waals surface area contributed by atoms with Crippen LogP contribution in [0.4, 0.5) is 13.2 Å². The monoisotopic (exact) mass is 358 g/mol. The first kappa shape index (κ1) is 18.6. The number of rotatable bonds is 4. The molecule has 0 spiro atoms. The Morgan fingerprint density at radius 3 is 2.36 bits per heavy atom. The second-order valence-corrected chi connectivity index (χ2v) is 6.69. The molecule has 0 aliphatic carbocycles. The Labute approximate surface area is 146 Å². The molecule has 2 saturated heterocycles. The molecule has 25 heavy (non-hydrogen) atoms. The van der Waals surface area contributed by atoms with Crippen molar-refractivity contribution in [1.29, 1.82) is 0 Å². The summed E-state index contributed by atoms with van der Waals surface area (Å²) < 4.78 is 49.3. The van der Waals surface area contributed by atoms with E-state index in [9.17, 15) is 13.2 Å². The van der Waals surface area contributed by atoms with E-state index in [4.69, 9.17) is 9.47 Å². The van der Waals surface area contributed by atoms with Crippen LogP contribution in [-0.4, -0.2) is 68.4 Å². The lowest BCUT2D eigenvalue weighted by Gasteiger charge is -2.31. The number of morpholine rings is 1. The van der Waals surface area contributed by atoms with E-state index in [1.54, 1.807) is 12.1 Å². The number of hydrogen-bond donors (Lipinski definition) is 0. The molecule has 0 aromatic heterocycles. The van der Waals surface area contributed by atoms with Crippen LogP contribution in [0.3, 0.4) is 0 Å². The molecule has 1 aromatic rings. The van der Waals surface area contributed by atoms with E-state index in [0.29, 0.717) is 6.54 Å². The zero-order valence-corrected chi connectivity index (χ0v) is 14.3. The van der Waals surface area contributed by atoms with Gasteiger partial charge in [-0.05, 0) is 24.1 Å². The van der Waals surface area contributed by atoms with Gasteiger partial charge < -0.3 is 9.47 Å². The second kappa shape index (κ2) is 8.49. The largest absolute Gasteiger partial charge is 0.416 e. The molecule has 7 heteroatoms. The summed E-state index contributed by atoms with van der Waals surface area (Å²) in [6.07, 6.45) is -3.20. The maximum Gasteiger partial charge on any atom is 0.416 e. The average Bonchev–Trinajstić information content (AvgIpc) is 2.80. The van der Waals surface area contributed by atoms with Crippen LogP contribution in [0.1, 0.15) is 17.5 Å². The molecule has 140 valence electrons. The Balaban J connectivity index is 1.55. The van der Waals surface area contributed by atoms with Crippen LogP contribution in [0.2, 0.25) is 0 Å². The molecular weight excluding hydrogens is 333 g/mol. The number of alkyl halides is 3. The van der Waals surface area contributed by atoms with Crippen molar-refractivity contribution in [3.63, 3.8) is 0 Å². The fourth-order valence-electron chi connectivity index (χ4n) is 3.35. The van der Waals surface area contributed by atoms with Crippen molar-refractivity contribution in [3.8, 4) is 0 Å². The quantitative estimate of drug-likeness (QED) is 0.826. The summed E-state index contributed by atoms with van der Waals surface area (Å²) in [5, 5.41) is 0. The smallest absolute Gasteiger partial charge is 0.379 e. The van der Waals surface area contributed by atoms with Crippen molar-refractivity contribution < 1.29 is 22.6 Å². The van der Waals surface area contributed by atoms with Gasteiger partial charge >= 0.3 is 6.18 Å². The lowest BCUT2D eigenvalue weighted by Crippen LogP contribution is -2.44. The Morgan fingerprint density at radius 1 is 0.960 bits per heavy atom. The highest BCUT2D eigenvalue weighted by Gasteiger charge is 2.30. The van der Waals surface area contributed by atoms with Crippen molar-refractivity contribution >= 4 is 0 Å². The third-order valence-electron chi connectivity index (χ3n) is 4.69. The van der Waals surface area contributed by atoms with Gasteiger partial charge in [-0.3, -0.25) is 9.80 Å². The normalized spacial score (nSPS) is 24.2. The van der Waals surface area contributed by atoms with Crippen molar-refractivity contribution in [2.24, 2.45) is 0 Å². The van der Waals surface area contributed by atoms with Gasteiger partial charge in [0.15, 0.2) is 0 Å². The first-order valence-electron chi connectivity index (χ1n) is 8.81. The molecule has 2 aliphatic rings. The van der Waals surface area contributed by atoms with Crippen LogP contribution in [-0.2, 0) is 22.2 Å². The Bertz CT molecular complexity index is 530. The van der Waals surface area contributed by atoms with E-state index in [1.807, 2.05) is 0 Å². The number of nitrogens with zero attached hydrogens (tertiary/aromatic N) is 2. The van der Waals surface area contributed by atoms with Crippen molar-refractivity contribution in [1.82, 2.24) is 9.80 Å². The molecule has 0 amide bonds. The molecule has 0 N–H and O–H groups in total. The van der Waals surface area contributed by atoms with Gasteiger partial charge in [0.25, 0.3) is 0 Å². The van der Waals surface area contributed by atoms with E-state index < -0.39 is 11.7 Å². The first-order chi connectivity index (χ1) is 12.0. The van der Waals surface area contributed by atoms with Gasteiger partial charge in [0, 0.05) is 45.9 Å². The maximum atomic E-state index is 12.7. The fourth-order valence-corrected chi connectivity index (χ4v) is 3.35. The van der Waals surface area contributed by atoms with Gasteiger partial charge in [0.2, 0.25) is 0 Å². The summed E-state index contributed by atoms with van der Waals surface area (Å²) >= 11 is 0. The summed E-state index contributed by atoms with van der Waals surface area (Å²) in [5.41, 5.74) is 0.306. The van der Waals surface area contributed by atoms with Crippen LogP contribution in [0, 0.1) is 0 Å². The van der Waals surface area contributed by atoms with Crippen LogP contribution in [0.15, 0.2) is 24.3 Å². The standard InChI is InChI=1S/C18H25F3N2O2/c19-18(20,21)16-4-2-15(3-5-16)12-23-6-1-9-25-17(14-23)13-22-7-10-24-11-8-22/h2-5,17H,1,6-14H2/t17-/m0/s1. The van der Waals surface area contributed by atoms with Crippen LogP contribution in [0.5, 0.6) is 0 Å². The molecule has 1 atom stereocenters. The lowest BCUT2D eigenvalue weighted by atomic mass is 10.1. The lowest BCUT2D eigenvalue weighted by molar-refractivity contribution is -0.137. The second-order valence-electron chi connectivity index (χ2n) is 6.69. The summed E-state index contributed by atoms with van der Waals surface area (Å²) in [6.45, 7) is 7.37. The molecule has 0 saturated carbocycles. The molecule has 2 fully saturated rings. The minimum atomic E-state index is -4.28. The maximum absolute atomic E-state index is 12.7. The molecular formula is C18H25F3N2O2. The van der Waals surface area contributed by atoms with E-state index >= 15 is 0 Å². The third kappa shape index (κ3) is 5.67. The fraction of sp³-hybridized carbons (Fsp3) is 0.667. The SMILES string of the molecule is FC(F)(F)c1ccc(CN2CCCO[C@@H](CN3CCOCC3)C2)cc1. The number of hydrogen-bond acceptors (Lipinski definition) is 4. The predicted molar refractivity (Wildman–Crippen MR) is 88.3 cm³/mol. The summed E-state index contributed by atoms with van der Waals surface area (Å²) in [4.78, 5) is 4.64. The highest BCUT2D eigenvalue weighted by molar-refractivity contribution is 5.24. The average molecular weight is 358 g/mol. The molecule has 0 unspecified atom stereocenters. The van der Waals surface area contributed by atoms with E-state index in [1.165, 1.54) is 0 Å². The van der Waals surface area contributed by atoms with Gasteiger partial charge in [0.1, 0.15) is 0 Å². The van der Waals surface area contributed by atoms with E-state index in [0.717, 1.165) is 76.7 Å². The minimum Gasteiger partial charge on any atom is -0.379 e. The first-order valence-corrected chi connectivity index (χ1v) is 8.81. The van der Waals surface area contributed by atoms with Crippen LogP contribution < -0.4 is 0 Å². The van der Waals surface area contributed by atoms with Gasteiger partial charge in [0.05, 0.1) is 24.9 Å². The van der Waals surface area contributed by atoms with E-state index in [-0.39, 0.29) is 6.10 Å². The number of halogens is 3. The highest BCUT2D eigenvalue weighted by atomic mass is 19.4. The van der Waals surface area contributed by atoms with Crippen molar-refractivity contribution in [2.75, 3.05) is 52.5 Å². The third-order valence-corrected chi connectivity index (χ3v) is 4.69. The molecule has 2 heterocycles. The summed E-state index contributed by atoms with van der Waals surface area (Å²) in [6, 6.07) is 5.47. The van der Waals surface area contributed by atoms with Gasteiger partial charge in [-0.2, -0.15) is 13.2 Å². The molecule has 0 radical (unpaired) electrons. The highest BCUT2D eigenvalue weighted by Crippen LogP contribution is 2.29. The van der Waals surface area contributed by atoms with Gasteiger partial charge in [-0.15, -0.1) is 0 Å². The zero-order valence-electron chi connectivity index (χ0n) is 14.3. The van der Waals surface area contributed by atoms with E-state index in [2.05, 4.69) is 9.80 Å². The van der Waals surface area contributed by atoms with Gasteiger partial charge in [-0.25, -0.2) is 0 Å². The summed E-state index contributed by atoms with van der Waals surface area (Å²) in [7, 11) is 0. The summed E-state index contributed by atoms with van der Waals surface area (Å²) in [5.74, 6) is 0. The predicted octanol–water partition coefficient (Wildman–Crippen LogP) is 2.63. The van der Waals surface area contributed by atoms with Crippen molar-refractivity contribution in [2.45, 2.75) is 25.2 Å². The molecule has 2 aliphatic heterocycles. The van der Waals surface area contributed by atoms with Crippen molar-refractivity contribution in [3.05, 3.63) is 35.4 Å². The van der Waals surface area contributed by atoms with Crippen LogP contribution >= 0.6 is 0 Å². The Morgan fingerprint density at radius 2 is 1.68 bits per heavy atom. The minimum absolute atomic E-state index is 0.134. The topological polar surface area (TPSA) is 24.9 Å². The Kier molecular flexibility index (Phi) is 6.33. The molecule has 0 bridgehead atoms. The number of ether oxygens (including phenoxy) is 2. The molecule has 3 rings (SSSR count). The number of benzene rings is 1. The van der Waals surface area contributed by atoms with Gasteiger partial charge in [-0.1, -0.05) is 12.1 Å². The van der Waals surface area contributed by atoms with Crippen LogP contribution in [0.25, 0.3) is 0 Å². The Hall–Kier alpha value is -1.15.